The van der Waals surface area contributed by atoms with E-state index in [0.29, 0.717) is 40.4 Å². The van der Waals surface area contributed by atoms with Gasteiger partial charge in [-0.2, -0.15) is 10.2 Å². The first-order valence-electron chi connectivity index (χ1n) is 38.7. The van der Waals surface area contributed by atoms with E-state index < -0.39 is 23.1 Å². The van der Waals surface area contributed by atoms with E-state index in [4.69, 9.17) is 66.0 Å². The topological polar surface area (TPSA) is 311 Å². The van der Waals surface area contributed by atoms with Crippen LogP contribution in [0.5, 0.6) is 23.0 Å². The maximum atomic E-state index is 12.6. The smallest absolute Gasteiger partial charge is 0.373 e. The number of nitrogens with zero attached hydrogens (tertiary/aromatic N) is 6. The number of phenols is 1. The van der Waals surface area contributed by atoms with Gasteiger partial charge in [-0.15, -0.1) is 11.6 Å². The molecule has 8 heterocycles. The molecule has 0 unspecified atom stereocenters. The van der Waals surface area contributed by atoms with Crippen molar-refractivity contribution < 1.29 is 65.6 Å². The minimum atomic E-state index is -0.610. The number of nitrogens with one attached hydrogen (secondary N) is 3. The van der Waals surface area contributed by atoms with Crippen molar-refractivity contribution in [1.29, 1.82) is 0 Å². The average Bonchev–Trinajstić information content (AvgIpc) is 1.63. The fourth-order valence-electron chi connectivity index (χ4n) is 12.6. The molecule has 26 heteroatoms. The number of hydrogen-bond donors (Lipinski definition) is 5. The number of halogens is 2. The molecular weight excluding hydrogens is 1590 g/mol. The number of hydrogen-bond acceptors (Lipinski definition) is 21. The third-order valence-corrected chi connectivity index (χ3v) is 19.1. The lowest BCUT2D eigenvalue weighted by Crippen LogP contribution is -2.29. The average molecular weight is 1680 g/mol. The predicted octanol–water partition coefficient (Wildman–Crippen LogP) is 19.8. The number of fused-ring (bicyclic) bond motifs is 2. The monoisotopic (exact) mass is 1680 g/mol. The molecule has 8 aromatic heterocycles. The summed E-state index contributed by atoms with van der Waals surface area (Å²) in [4.78, 5) is 54.5. The van der Waals surface area contributed by atoms with E-state index in [0.717, 1.165) is 87.5 Å². The van der Waals surface area contributed by atoms with Crippen molar-refractivity contribution in [2.75, 3.05) is 25.1 Å². The highest BCUT2D eigenvalue weighted by Gasteiger charge is 2.18. The molecule has 6 N–H and O–H groups in total. The van der Waals surface area contributed by atoms with Crippen LogP contribution in [0.15, 0.2) is 297 Å². The standard InChI is InChI=1S/C28H27N5O3.C20H18O4.C19H15ClO3.C13H12O.C9H13N5.C7H7ClO3/c1-18-15-25(29-27-26(18)19(2)32-33(27)3)30-31-28(34)24-14-13-23(36-24)17-35-22-11-9-21(10-12-22)16-20-7-5-4-6-8-20;1-22-20(21)19-12-11-18(24-19)14-23-17-9-7-16(8-10-17)13-15-5-3-2-4-6-15;20-19(21)18-11-10-17(23-18)13-22-16-8-6-15(7-9-16)12-14-4-2-1-3-5-14;14-13-8-6-12(7-9-13)10-11-4-2-1-3-5-11;1-5-4-7(12-10)11-9-8(5)6(2)13-14(9)3;1-10-7(9)6-3-2-5(4-8)11-6/h4-15H,16-17H2,1-3H3,(H,29,30)(H,31,34);2-12H,13-14H2,1H3;1-11H,12-13H2;1-9,14H,10H2;4H,10H2,1-3H3,(H,11,12);2-3H,4H2,1H3. The number of methoxy groups -OCH3 is 2. The van der Waals surface area contributed by atoms with Gasteiger partial charge in [0.1, 0.15) is 77.5 Å². The van der Waals surface area contributed by atoms with Crippen LogP contribution in [0.3, 0.4) is 0 Å². The summed E-state index contributed by atoms with van der Waals surface area (Å²) in [6.07, 6.45) is 3.57. The molecule has 0 aliphatic carbocycles. The second-order valence-electron chi connectivity index (χ2n) is 27.8. The zero-order valence-corrected chi connectivity index (χ0v) is 70.0. The Morgan fingerprint density at radius 2 is 0.721 bits per heavy atom. The molecule has 0 saturated heterocycles. The summed E-state index contributed by atoms with van der Waals surface area (Å²) in [5.74, 6) is 10.8. The van der Waals surface area contributed by atoms with Gasteiger partial charge in [0.15, 0.2) is 22.8 Å². The van der Waals surface area contributed by atoms with Gasteiger partial charge < -0.3 is 51.9 Å². The van der Waals surface area contributed by atoms with Crippen molar-refractivity contribution in [3.63, 3.8) is 0 Å². The molecule has 8 aromatic carbocycles. The molecule has 0 spiro atoms. The third-order valence-electron chi connectivity index (χ3n) is 18.6. The number of aromatic nitrogens is 6. The zero-order valence-electron chi connectivity index (χ0n) is 68.5. The Kier molecular flexibility index (Phi) is 32.1. The van der Waals surface area contributed by atoms with Crippen LogP contribution in [-0.2, 0) is 75.0 Å². The number of phenolic OH excluding ortho intramolecular Hbond substituents is 1. The molecule has 0 atom stereocenters. The van der Waals surface area contributed by atoms with Crippen LogP contribution in [0.1, 0.15) is 132 Å². The van der Waals surface area contributed by atoms with Crippen LogP contribution >= 0.6 is 23.2 Å². The minimum Gasteiger partial charge on any atom is -0.508 e. The molecular formula is C96H92Cl2N10O14. The fourth-order valence-corrected chi connectivity index (χ4v) is 12.9. The molecule has 16 rings (SSSR count). The minimum absolute atomic E-state index is 0.128. The number of esters is 2. The van der Waals surface area contributed by atoms with Crippen molar-refractivity contribution >= 4 is 80.0 Å². The summed E-state index contributed by atoms with van der Waals surface area (Å²) >= 11 is 10.8. The summed E-state index contributed by atoms with van der Waals surface area (Å²) in [5.41, 5.74) is 23.7. The van der Waals surface area contributed by atoms with E-state index in [9.17, 15) is 19.2 Å². The lowest BCUT2D eigenvalue weighted by atomic mass is 10.1. The predicted molar refractivity (Wildman–Crippen MR) is 470 cm³/mol. The Balaban J connectivity index is 0.000000150. The number of amides is 1. The highest BCUT2D eigenvalue weighted by Crippen LogP contribution is 2.27. The van der Waals surface area contributed by atoms with Crippen LogP contribution in [0.25, 0.3) is 22.1 Å². The van der Waals surface area contributed by atoms with Gasteiger partial charge >= 0.3 is 17.8 Å². The van der Waals surface area contributed by atoms with Gasteiger partial charge in [-0.25, -0.2) is 25.4 Å². The molecule has 0 radical (unpaired) electrons. The van der Waals surface area contributed by atoms with E-state index in [-0.39, 0.29) is 48.7 Å². The number of carbonyl (C=O) groups is 4. The van der Waals surface area contributed by atoms with Gasteiger partial charge in [-0.1, -0.05) is 170 Å². The first-order chi connectivity index (χ1) is 59.2. The van der Waals surface area contributed by atoms with Gasteiger partial charge in [0.25, 0.3) is 5.24 Å². The van der Waals surface area contributed by atoms with Crippen molar-refractivity contribution in [3.8, 4) is 23.0 Å². The van der Waals surface area contributed by atoms with E-state index in [1.165, 1.54) is 70.9 Å². The van der Waals surface area contributed by atoms with Gasteiger partial charge in [-0.05, 0) is 230 Å². The molecule has 24 nitrogen and oxygen atoms in total. The maximum Gasteiger partial charge on any atom is 0.373 e. The summed E-state index contributed by atoms with van der Waals surface area (Å²) < 4.78 is 50.9. The van der Waals surface area contributed by atoms with Crippen molar-refractivity contribution in [1.82, 2.24) is 35.0 Å². The number of hydrazine groups is 2. The number of aromatic hydroxyl groups is 1. The second-order valence-corrected chi connectivity index (χ2v) is 28.4. The Labute approximate surface area is 715 Å². The zero-order chi connectivity index (χ0) is 86.3. The summed E-state index contributed by atoms with van der Waals surface area (Å²) in [6.45, 7) is 8.67. The van der Waals surface area contributed by atoms with Gasteiger partial charge in [0, 0.05) is 24.9 Å². The molecule has 0 bridgehead atoms. The molecule has 624 valence electrons. The van der Waals surface area contributed by atoms with Crippen molar-refractivity contribution in [2.45, 2.75) is 79.1 Å². The SMILES string of the molecule is COC(=O)c1ccc(CCl)o1.COC(=O)c1ccc(COc2ccc(Cc3ccccc3)cc2)o1.Cc1cc(NN)nc2c1c(C)nn2C.Cc1cc(NNC(=O)c2ccc(COc3ccc(Cc4ccccc4)cc3)o2)nc2c1c(C)nn2C.O=C(Cl)c1ccc(COc2ccc(Cc3ccccc3)cc2)o1.Oc1ccc(Cc2ccccc2)cc1. The van der Waals surface area contributed by atoms with E-state index in [1.54, 1.807) is 57.9 Å². The maximum absolute atomic E-state index is 12.6. The Hall–Kier alpha value is -14.5. The number of pyridine rings is 2. The van der Waals surface area contributed by atoms with Crippen LogP contribution < -0.4 is 36.3 Å². The van der Waals surface area contributed by atoms with Crippen LogP contribution in [0, 0.1) is 27.7 Å². The highest BCUT2D eigenvalue weighted by molar-refractivity contribution is 6.67. The largest absolute Gasteiger partial charge is 0.508 e. The number of nitrogens with two attached hydrogens (primary N) is 1. The first-order valence-corrected chi connectivity index (χ1v) is 39.6. The van der Waals surface area contributed by atoms with Gasteiger partial charge in [0.2, 0.25) is 11.5 Å². The molecule has 0 saturated carbocycles. The lowest BCUT2D eigenvalue weighted by molar-refractivity contribution is 0.0554. The van der Waals surface area contributed by atoms with E-state index in [2.05, 4.69) is 107 Å². The number of benzene rings is 8. The lowest BCUT2D eigenvalue weighted by Gasteiger charge is -2.08. The molecule has 0 aliphatic rings. The normalized spacial score (nSPS) is 10.5. The molecule has 1 amide bonds. The number of nitrogen functional groups attached to an aromatic ring is 1. The second kappa shape index (κ2) is 44.4. The number of rotatable bonds is 25. The summed E-state index contributed by atoms with van der Waals surface area (Å²) in [7, 11) is 6.33. The Bertz CT molecular complexity index is 6020. The van der Waals surface area contributed by atoms with Crippen molar-refractivity contribution in [3.05, 3.63) is 392 Å². The fraction of sp³-hybridized carbons (Fsp3) is 0.167. The molecule has 16 aromatic rings. The number of anilines is 2. The number of carbonyl (C=O) groups excluding carboxylic acids is 4. The molecule has 0 aliphatic heterocycles. The highest BCUT2D eigenvalue weighted by atomic mass is 35.5. The molecule has 122 heavy (non-hydrogen) atoms. The first kappa shape index (κ1) is 88.4. The van der Waals surface area contributed by atoms with Crippen LogP contribution in [0.4, 0.5) is 11.6 Å². The number of furan rings is 4. The summed E-state index contributed by atoms with van der Waals surface area (Å²) in [6, 6.07) is 89.2. The summed E-state index contributed by atoms with van der Waals surface area (Å²) in [5, 5.41) is 19.3. The van der Waals surface area contributed by atoms with E-state index >= 15 is 0 Å². The third kappa shape index (κ3) is 26.3. The van der Waals surface area contributed by atoms with Gasteiger partial charge in [0.05, 0.1) is 31.5 Å². The number of ether oxygens (including phenoxy) is 5. The van der Waals surface area contributed by atoms with Crippen LogP contribution in [-0.4, -0.2) is 71.9 Å². The Morgan fingerprint density at radius 1 is 0.410 bits per heavy atom. The van der Waals surface area contributed by atoms with Crippen molar-refractivity contribution in [2.24, 2.45) is 19.9 Å². The number of aryl methyl sites for hydroxylation is 6. The van der Waals surface area contributed by atoms with Crippen LogP contribution in [0.2, 0.25) is 0 Å². The number of alkyl halides is 1. The Morgan fingerprint density at radius 3 is 1.07 bits per heavy atom. The van der Waals surface area contributed by atoms with Gasteiger partial charge in [-0.3, -0.25) is 29.8 Å². The molecule has 0 fully saturated rings. The quantitative estimate of drug-likeness (QED) is 0.0117. The van der Waals surface area contributed by atoms with E-state index in [1.807, 2.05) is 200 Å².